The molecule has 32 heavy (non-hydrogen) atoms. The van der Waals surface area contributed by atoms with Gasteiger partial charge >= 0.3 is 0 Å². The number of thioether (sulfide) groups is 1. The van der Waals surface area contributed by atoms with E-state index in [1.54, 1.807) is 30.2 Å². The average molecular weight is 471 g/mol. The van der Waals surface area contributed by atoms with Gasteiger partial charge in [-0.05, 0) is 73.3 Å². The number of methoxy groups -OCH3 is 1. The number of rotatable bonds is 8. The fraction of sp³-hybridized carbons (Fsp3) is 0.500. The van der Waals surface area contributed by atoms with Crippen LogP contribution in [-0.2, 0) is 11.3 Å². The summed E-state index contributed by atoms with van der Waals surface area (Å²) in [5.74, 6) is 3.25. The summed E-state index contributed by atoms with van der Waals surface area (Å²) < 4.78 is 13.6. The van der Waals surface area contributed by atoms with Crippen molar-refractivity contribution in [1.29, 1.82) is 0 Å². The molecule has 2 saturated heterocycles. The Bertz CT molecular complexity index is 993. The number of nitrogens with zero attached hydrogens (tertiary/aromatic N) is 4. The van der Waals surface area contributed by atoms with E-state index < -0.39 is 0 Å². The van der Waals surface area contributed by atoms with E-state index in [0.717, 1.165) is 80.1 Å². The Morgan fingerprint density at radius 3 is 2.84 bits per heavy atom. The topological polar surface area (TPSA) is 52.4 Å². The highest BCUT2D eigenvalue weighted by molar-refractivity contribution is 7.99. The highest BCUT2D eigenvalue weighted by Gasteiger charge is 2.28. The average Bonchev–Trinajstić information content (AvgIpc) is 3.60. The van der Waals surface area contributed by atoms with Crippen LogP contribution in [0.25, 0.3) is 5.69 Å². The molecule has 0 saturated carbocycles. The Morgan fingerprint density at radius 2 is 2.09 bits per heavy atom. The summed E-state index contributed by atoms with van der Waals surface area (Å²) in [7, 11) is 1.71. The van der Waals surface area contributed by atoms with E-state index in [4.69, 9.17) is 14.6 Å². The molecule has 4 heterocycles. The fourth-order valence-electron chi connectivity index (χ4n) is 4.56. The van der Waals surface area contributed by atoms with Gasteiger partial charge in [-0.2, -0.15) is 11.3 Å². The number of hydrogen-bond acceptors (Lipinski definition) is 7. The van der Waals surface area contributed by atoms with Gasteiger partial charge in [0.1, 0.15) is 11.6 Å². The van der Waals surface area contributed by atoms with Gasteiger partial charge in [-0.15, -0.1) is 10.2 Å². The van der Waals surface area contributed by atoms with Crippen molar-refractivity contribution in [2.24, 2.45) is 0 Å². The molecule has 1 unspecified atom stereocenters. The van der Waals surface area contributed by atoms with Crippen molar-refractivity contribution in [3.05, 3.63) is 52.5 Å². The van der Waals surface area contributed by atoms with Gasteiger partial charge < -0.3 is 9.47 Å². The van der Waals surface area contributed by atoms with Crippen LogP contribution >= 0.6 is 23.1 Å². The SMILES string of the molecule is COc1cccc(-n2c(SCC3CCCO3)nnc2C2CCN(Cc3ccsc3)CC2)c1. The van der Waals surface area contributed by atoms with Crippen LogP contribution in [0.4, 0.5) is 0 Å². The number of benzene rings is 1. The maximum absolute atomic E-state index is 5.83. The third kappa shape index (κ3) is 5.03. The summed E-state index contributed by atoms with van der Waals surface area (Å²) in [6.45, 7) is 4.10. The molecular formula is C24H30N4O2S2. The maximum Gasteiger partial charge on any atom is 0.195 e. The first-order valence-electron chi connectivity index (χ1n) is 11.4. The summed E-state index contributed by atoms with van der Waals surface area (Å²) in [5, 5.41) is 14.7. The zero-order valence-electron chi connectivity index (χ0n) is 18.5. The van der Waals surface area contributed by atoms with Crippen molar-refractivity contribution in [3.8, 4) is 11.4 Å². The highest BCUT2D eigenvalue weighted by Crippen LogP contribution is 2.34. The molecule has 3 aromatic rings. The van der Waals surface area contributed by atoms with E-state index in [9.17, 15) is 0 Å². The maximum atomic E-state index is 5.83. The van der Waals surface area contributed by atoms with Crippen molar-refractivity contribution in [2.75, 3.05) is 32.6 Å². The van der Waals surface area contributed by atoms with E-state index in [-0.39, 0.29) is 0 Å². The third-order valence-corrected chi connectivity index (χ3v) is 8.12. The predicted octanol–water partition coefficient (Wildman–Crippen LogP) is 4.99. The van der Waals surface area contributed by atoms with Crippen molar-refractivity contribution in [2.45, 2.75) is 49.4 Å². The van der Waals surface area contributed by atoms with Crippen LogP contribution in [-0.4, -0.2) is 58.3 Å². The smallest absolute Gasteiger partial charge is 0.195 e. The second-order valence-electron chi connectivity index (χ2n) is 8.51. The van der Waals surface area contributed by atoms with Crippen LogP contribution in [0.1, 0.15) is 43.0 Å². The Balaban J connectivity index is 1.35. The molecule has 0 aliphatic carbocycles. The molecule has 1 aromatic carbocycles. The lowest BCUT2D eigenvalue weighted by molar-refractivity contribution is 0.129. The van der Waals surface area contributed by atoms with E-state index in [0.29, 0.717) is 12.0 Å². The minimum atomic E-state index is 0.319. The molecule has 8 heteroatoms. The largest absolute Gasteiger partial charge is 0.497 e. The van der Waals surface area contributed by atoms with E-state index >= 15 is 0 Å². The fourth-order valence-corrected chi connectivity index (χ4v) is 6.25. The summed E-state index contributed by atoms with van der Waals surface area (Å²) in [4.78, 5) is 2.55. The van der Waals surface area contributed by atoms with Crippen LogP contribution in [0, 0.1) is 0 Å². The zero-order valence-corrected chi connectivity index (χ0v) is 20.1. The van der Waals surface area contributed by atoms with Gasteiger partial charge in [-0.1, -0.05) is 17.8 Å². The normalized spacial score (nSPS) is 20.1. The highest BCUT2D eigenvalue weighted by atomic mass is 32.2. The summed E-state index contributed by atoms with van der Waals surface area (Å²) in [6.07, 6.45) is 4.81. The molecule has 0 spiro atoms. The predicted molar refractivity (Wildman–Crippen MR) is 129 cm³/mol. The molecular weight excluding hydrogens is 440 g/mol. The van der Waals surface area contributed by atoms with E-state index in [1.165, 1.54) is 5.56 Å². The second-order valence-corrected chi connectivity index (χ2v) is 10.3. The van der Waals surface area contributed by atoms with Gasteiger partial charge in [0.15, 0.2) is 5.16 Å². The number of ether oxygens (including phenoxy) is 2. The second kappa shape index (κ2) is 10.4. The molecule has 2 fully saturated rings. The first-order valence-corrected chi connectivity index (χ1v) is 13.3. The van der Waals surface area contributed by atoms with Gasteiger partial charge in [-0.25, -0.2) is 0 Å². The summed E-state index contributed by atoms with van der Waals surface area (Å²) in [6, 6.07) is 10.4. The van der Waals surface area contributed by atoms with Crippen LogP contribution < -0.4 is 4.74 Å². The Labute approximate surface area is 197 Å². The minimum absolute atomic E-state index is 0.319. The van der Waals surface area contributed by atoms with Gasteiger partial charge in [-0.3, -0.25) is 9.47 Å². The quantitative estimate of drug-likeness (QED) is 0.433. The standard InChI is InChI=1S/C24H30N4O2S2/c1-29-21-5-2-4-20(14-21)28-23(25-26-24(28)32-17-22-6-3-12-30-22)19-7-10-27(11-8-19)15-18-9-13-31-16-18/h2,4-5,9,13-14,16,19,22H,3,6-8,10-12,15,17H2,1H3. The van der Waals surface area contributed by atoms with E-state index in [2.05, 4.69) is 43.5 Å². The molecule has 2 aromatic heterocycles. The number of thiophene rings is 1. The number of aromatic nitrogens is 3. The molecule has 2 aliphatic rings. The van der Waals surface area contributed by atoms with Crippen molar-refractivity contribution >= 4 is 23.1 Å². The molecule has 6 nitrogen and oxygen atoms in total. The molecule has 5 rings (SSSR count). The Hall–Kier alpha value is -1.87. The molecule has 2 aliphatic heterocycles. The van der Waals surface area contributed by atoms with Gasteiger partial charge in [0.25, 0.3) is 0 Å². The number of piperidine rings is 1. The monoisotopic (exact) mass is 470 g/mol. The summed E-state index contributed by atoms with van der Waals surface area (Å²) >= 11 is 3.53. The molecule has 0 radical (unpaired) electrons. The van der Waals surface area contributed by atoms with Crippen molar-refractivity contribution in [3.63, 3.8) is 0 Å². The third-order valence-electron chi connectivity index (χ3n) is 6.33. The Kier molecular flexibility index (Phi) is 7.12. The van der Waals surface area contributed by atoms with Crippen LogP contribution in [0.15, 0.2) is 46.2 Å². The van der Waals surface area contributed by atoms with Gasteiger partial charge in [0.2, 0.25) is 0 Å². The van der Waals surface area contributed by atoms with Gasteiger partial charge in [0, 0.05) is 30.9 Å². The van der Waals surface area contributed by atoms with Crippen molar-refractivity contribution < 1.29 is 9.47 Å². The van der Waals surface area contributed by atoms with Crippen molar-refractivity contribution in [1.82, 2.24) is 19.7 Å². The zero-order chi connectivity index (χ0) is 21.8. The lowest BCUT2D eigenvalue weighted by Crippen LogP contribution is -2.33. The first-order chi connectivity index (χ1) is 15.8. The number of likely N-dealkylation sites (tertiary alicyclic amines) is 1. The van der Waals surface area contributed by atoms with Crippen LogP contribution in [0.3, 0.4) is 0 Å². The lowest BCUT2D eigenvalue weighted by atomic mass is 9.95. The summed E-state index contributed by atoms with van der Waals surface area (Å²) in [5.41, 5.74) is 2.49. The van der Waals surface area contributed by atoms with E-state index in [1.807, 2.05) is 12.1 Å². The number of hydrogen-bond donors (Lipinski definition) is 0. The molecule has 170 valence electrons. The van der Waals surface area contributed by atoms with Crippen LogP contribution in [0.5, 0.6) is 5.75 Å². The minimum Gasteiger partial charge on any atom is -0.497 e. The Morgan fingerprint density at radius 1 is 1.19 bits per heavy atom. The molecule has 0 bridgehead atoms. The molecule has 0 amide bonds. The van der Waals surface area contributed by atoms with Gasteiger partial charge in [0.05, 0.1) is 18.9 Å². The first kappa shape index (κ1) is 21.9. The van der Waals surface area contributed by atoms with Crippen LogP contribution in [0.2, 0.25) is 0 Å². The lowest BCUT2D eigenvalue weighted by Gasteiger charge is -2.31. The molecule has 0 N–H and O–H groups in total. The molecule has 1 atom stereocenters.